The maximum Gasteiger partial charge on any atom is 0.255 e. The third kappa shape index (κ3) is 4.72. The van der Waals surface area contributed by atoms with Gasteiger partial charge in [-0.05, 0) is 55.5 Å². The van der Waals surface area contributed by atoms with E-state index in [-0.39, 0.29) is 18.6 Å². The first-order chi connectivity index (χ1) is 18.2. The van der Waals surface area contributed by atoms with Crippen molar-refractivity contribution in [3.63, 3.8) is 0 Å². The van der Waals surface area contributed by atoms with Crippen LogP contribution < -0.4 is 10.1 Å². The monoisotopic (exact) mass is 491 g/mol. The molecule has 0 spiro atoms. The summed E-state index contributed by atoms with van der Waals surface area (Å²) in [4.78, 5) is 18.1. The van der Waals surface area contributed by atoms with Crippen LogP contribution in [-0.2, 0) is 19.6 Å². The van der Waals surface area contributed by atoms with Gasteiger partial charge in [-0.15, -0.1) is 0 Å². The second-order valence-corrected chi connectivity index (χ2v) is 9.55. The van der Waals surface area contributed by atoms with Crippen LogP contribution in [0, 0.1) is 6.92 Å². The van der Waals surface area contributed by atoms with Crippen LogP contribution in [0.3, 0.4) is 0 Å². The molecule has 7 heteroatoms. The van der Waals surface area contributed by atoms with Crippen LogP contribution in [0.25, 0.3) is 5.65 Å². The average molecular weight is 492 g/mol. The number of hydrogen-bond acceptors (Lipinski definition) is 4. The highest BCUT2D eigenvalue weighted by atomic mass is 16.5. The maximum atomic E-state index is 13.4. The van der Waals surface area contributed by atoms with Gasteiger partial charge in [0.1, 0.15) is 18.0 Å². The van der Waals surface area contributed by atoms with E-state index in [1.54, 1.807) is 6.07 Å². The number of aromatic nitrogens is 4. The normalized spacial score (nSPS) is 14.9. The summed E-state index contributed by atoms with van der Waals surface area (Å²) < 4.78 is 10.1. The number of hydrogen-bond donors (Lipinski definition) is 1. The summed E-state index contributed by atoms with van der Waals surface area (Å²) in [5, 5.41) is 7.90. The smallest absolute Gasteiger partial charge is 0.255 e. The molecule has 7 nitrogen and oxygen atoms in total. The number of aryl methyl sites for hydroxylation is 1. The van der Waals surface area contributed by atoms with Gasteiger partial charge in [-0.1, -0.05) is 48.5 Å². The predicted octanol–water partition coefficient (Wildman–Crippen LogP) is 5.27. The van der Waals surface area contributed by atoms with Gasteiger partial charge in [-0.2, -0.15) is 5.10 Å². The van der Waals surface area contributed by atoms with Crippen molar-refractivity contribution in [1.82, 2.24) is 24.5 Å². The average Bonchev–Trinajstić information content (AvgIpc) is 3.54. The van der Waals surface area contributed by atoms with Crippen LogP contribution in [0.5, 0.6) is 5.75 Å². The van der Waals surface area contributed by atoms with Gasteiger partial charge in [-0.25, -0.2) is 4.98 Å². The molecular weight excluding hydrogens is 462 g/mol. The third-order valence-corrected chi connectivity index (χ3v) is 6.98. The van der Waals surface area contributed by atoms with E-state index in [2.05, 4.69) is 32.2 Å². The Balaban J connectivity index is 1.17. The number of amides is 1. The quantitative estimate of drug-likeness (QED) is 0.336. The minimum Gasteiger partial charge on any atom is -0.486 e. The Kier molecular flexibility index (Phi) is 6.18. The number of fused-ring (bicyclic) bond motifs is 2. The summed E-state index contributed by atoms with van der Waals surface area (Å²) in [6.45, 7) is 3.05. The summed E-state index contributed by atoms with van der Waals surface area (Å²) in [6, 6.07) is 21.7. The number of carbonyl (C=O) groups excluding carboxylic acids is 1. The van der Waals surface area contributed by atoms with Crippen LogP contribution in [0.1, 0.15) is 57.3 Å². The molecule has 0 bridgehead atoms. The predicted molar refractivity (Wildman–Crippen MR) is 142 cm³/mol. The molecule has 5 aromatic rings. The van der Waals surface area contributed by atoms with E-state index >= 15 is 0 Å². The van der Waals surface area contributed by atoms with E-state index in [4.69, 9.17) is 4.74 Å². The zero-order valence-corrected chi connectivity index (χ0v) is 20.8. The molecule has 1 unspecified atom stereocenters. The lowest BCUT2D eigenvalue weighted by atomic mass is 9.92. The number of ether oxygens (including phenoxy) is 1. The summed E-state index contributed by atoms with van der Waals surface area (Å²) >= 11 is 0. The fraction of sp³-hybridized carbons (Fsp3) is 0.233. The largest absolute Gasteiger partial charge is 0.486 e. The van der Waals surface area contributed by atoms with Crippen molar-refractivity contribution in [2.75, 3.05) is 0 Å². The lowest BCUT2D eigenvalue weighted by molar-refractivity contribution is 0.0928. The minimum absolute atomic E-state index is 0.0738. The van der Waals surface area contributed by atoms with E-state index in [0.29, 0.717) is 11.3 Å². The van der Waals surface area contributed by atoms with E-state index < -0.39 is 0 Å². The highest BCUT2D eigenvalue weighted by molar-refractivity contribution is 5.97. The van der Waals surface area contributed by atoms with Crippen molar-refractivity contribution in [3.8, 4) is 5.75 Å². The van der Waals surface area contributed by atoms with Gasteiger partial charge >= 0.3 is 0 Å². The van der Waals surface area contributed by atoms with Crippen LogP contribution in [0.4, 0.5) is 0 Å². The molecule has 1 atom stereocenters. The molecule has 186 valence electrons. The van der Waals surface area contributed by atoms with Crippen molar-refractivity contribution in [2.24, 2.45) is 0 Å². The summed E-state index contributed by atoms with van der Waals surface area (Å²) in [7, 11) is 0. The Labute approximate surface area is 215 Å². The van der Waals surface area contributed by atoms with Crippen LogP contribution in [0.2, 0.25) is 0 Å². The highest BCUT2D eigenvalue weighted by Gasteiger charge is 2.27. The van der Waals surface area contributed by atoms with E-state index in [0.717, 1.165) is 48.3 Å². The number of nitrogens with one attached hydrogen (secondary N) is 1. The number of pyridine rings is 1. The molecule has 1 aliphatic rings. The molecule has 37 heavy (non-hydrogen) atoms. The second-order valence-electron chi connectivity index (χ2n) is 9.55. The third-order valence-electron chi connectivity index (χ3n) is 6.98. The number of benzene rings is 2. The Bertz CT molecular complexity index is 1550. The van der Waals surface area contributed by atoms with Crippen molar-refractivity contribution < 1.29 is 9.53 Å². The molecule has 3 aromatic heterocycles. The van der Waals surface area contributed by atoms with Gasteiger partial charge in [0.15, 0.2) is 0 Å². The van der Waals surface area contributed by atoms with Crippen molar-refractivity contribution in [1.29, 1.82) is 0 Å². The molecule has 0 aliphatic heterocycles. The Morgan fingerprint density at radius 3 is 2.78 bits per heavy atom. The fourth-order valence-electron chi connectivity index (χ4n) is 5.10. The number of para-hydroxylation sites is 1. The van der Waals surface area contributed by atoms with Gasteiger partial charge < -0.3 is 14.5 Å². The van der Waals surface area contributed by atoms with Crippen molar-refractivity contribution in [3.05, 3.63) is 119 Å². The molecule has 0 fully saturated rings. The molecule has 3 heterocycles. The van der Waals surface area contributed by atoms with E-state index in [9.17, 15) is 4.79 Å². The zero-order chi connectivity index (χ0) is 25.2. The molecule has 1 N–H and O–H groups in total. The fourth-order valence-corrected chi connectivity index (χ4v) is 5.10. The molecule has 0 saturated carbocycles. The first-order valence-electron chi connectivity index (χ1n) is 12.7. The minimum atomic E-state index is -0.143. The maximum absolute atomic E-state index is 13.4. The second kappa shape index (κ2) is 9.93. The molecule has 1 amide bonds. The lowest BCUT2D eigenvalue weighted by Crippen LogP contribution is -2.31. The van der Waals surface area contributed by atoms with Crippen LogP contribution in [0.15, 0.2) is 85.3 Å². The molecule has 0 radical (unpaired) electrons. The zero-order valence-electron chi connectivity index (χ0n) is 20.8. The van der Waals surface area contributed by atoms with Crippen LogP contribution in [-0.4, -0.2) is 25.1 Å². The lowest BCUT2D eigenvalue weighted by Gasteiger charge is -2.24. The number of rotatable bonds is 7. The number of carbonyl (C=O) groups is 1. The molecule has 0 saturated heterocycles. The topological polar surface area (TPSA) is 73.5 Å². The Hall–Kier alpha value is -4.39. The van der Waals surface area contributed by atoms with Gasteiger partial charge in [0.2, 0.25) is 0 Å². The highest BCUT2D eigenvalue weighted by Crippen LogP contribution is 2.31. The molecule has 1 aliphatic carbocycles. The first-order valence-corrected chi connectivity index (χ1v) is 12.7. The molecular formula is C30H29N5O2. The SMILES string of the molecule is Cc1cccn2cc(COc3ccccc3C(=O)NC3CCCc4c3cnn4Cc3ccccc3)nc12. The van der Waals surface area contributed by atoms with Gasteiger partial charge in [0.05, 0.1) is 30.0 Å². The van der Waals surface area contributed by atoms with Gasteiger partial charge in [-0.3, -0.25) is 9.48 Å². The summed E-state index contributed by atoms with van der Waals surface area (Å²) in [5.74, 6) is 0.402. The van der Waals surface area contributed by atoms with Crippen molar-refractivity contribution >= 4 is 11.6 Å². The van der Waals surface area contributed by atoms with Crippen LogP contribution >= 0.6 is 0 Å². The van der Waals surface area contributed by atoms with Crippen molar-refractivity contribution in [2.45, 2.75) is 45.4 Å². The summed E-state index contributed by atoms with van der Waals surface area (Å²) in [5.41, 5.74) is 6.87. The van der Waals surface area contributed by atoms with E-state index in [1.807, 2.05) is 78.4 Å². The van der Waals surface area contributed by atoms with Gasteiger partial charge in [0, 0.05) is 23.7 Å². The number of nitrogens with zero attached hydrogens (tertiary/aromatic N) is 4. The Morgan fingerprint density at radius 2 is 1.92 bits per heavy atom. The van der Waals surface area contributed by atoms with E-state index in [1.165, 1.54) is 11.3 Å². The molecule has 2 aromatic carbocycles. The number of imidazole rings is 1. The van der Waals surface area contributed by atoms with Gasteiger partial charge in [0.25, 0.3) is 5.91 Å². The first kappa shape index (κ1) is 23.0. The standard InChI is InChI=1S/C30H29N5O2/c1-21-9-8-16-34-19-23(32-29(21)34)20-37-28-15-6-5-12-24(28)30(36)33-26-13-7-14-27-25(26)17-31-35(27)18-22-10-3-2-4-11-22/h2-6,8-12,15-17,19,26H,7,13-14,18,20H2,1H3,(H,33,36). The summed E-state index contributed by atoms with van der Waals surface area (Å²) in [6.07, 6.45) is 8.70. The Morgan fingerprint density at radius 1 is 1.08 bits per heavy atom. The molecule has 6 rings (SSSR count).